The maximum Gasteiger partial charge on any atom is 0.416 e. The van der Waals surface area contributed by atoms with Gasteiger partial charge in [-0.25, -0.2) is 0 Å². The highest BCUT2D eigenvalue weighted by Gasteiger charge is 2.46. The number of carbonyl (C=O) groups excluding carboxylic acids is 3. The van der Waals surface area contributed by atoms with Gasteiger partial charge in [0.05, 0.1) is 5.56 Å². The van der Waals surface area contributed by atoms with Gasteiger partial charge in [-0.3, -0.25) is 14.4 Å². The minimum absolute atomic E-state index is 0.0880. The second-order valence-electron chi connectivity index (χ2n) is 6.46. The molecule has 0 radical (unpaired) electrons. The van der Waals surface area contributed by atoms with E-state index < -0.39 is 35.8 Å². The summed E-state index contributed by atoms with van der Waals surface area (Å²) in [5.74, 6) is -0.963. The molecule has 9 heteroatoms. The van der Waals surface area contributed by atoms with E-state index in [1.807, 2.05) is 0 Å². The molecule has 0 unspecified atom stereocenters. The number of halogens is 3. The summed E-state index contributed by atoms with van der Waals surface area (Å²) in [6.45, 7) is 2.00. The normalized spacial score (nSPS) is 25.7. The minimum Gasteiger partial charge on any atom is -0.347 e. The Morgan fingerprint density at radius 2 is 1.92 bits per heavy atom. The predicted octanol–water partition coefficient (Wildman–Crippen LogP) is 1.31. The van der Waals surface area contributed by atoms with Crippen LogP contribution in [0.5, 0.6) is 0 Å². The fraction of sp³-hybridized carbons (Fsp3) is 0.471. The summed E-state index contributed by atoms with van der Waals surface area (Å²) in [5.41, 5.74) is -0.745. The van der Waals surface area contributed by atoms with Crippen molar-refractivity contribution >= 4 is 17.7 Å². The fourth-order valence-electron chi connectivity index (χ4n) is 3.32. The first-order valence-electron chi connectivity index (χ1n) is 8.29. The van der Waals surface area contributed by atoms with Crippen molar-refractivity contribution in [2.75, 3.05) is 6.54 Å². The number of nitrogens with zero attached hydrogens (tertiary/aromatic N) is 1. The molecule has 0 bridgehead atoms. The first kappa shape index (κ1) is 18.2. The second kappa shape index (κ2) is 6.62. The van der Waals surface area contributed by atoms with Crippen LogP contribution in [0.25, 0.3) is 0 Å². The molecule has 2 saturated heterocycles. The van der Waals surface area contributed by atoms with Gasteiger partial charge in [-0.1, -0.05) is 6.92 Å². The number of piperazine rings is 1. The lowest BCUT2D eigenvalue weighted by Gasteiger charge is -2.33. The molecule has 2 N–H and O–H groups in total. The molecule has 2 aliphatic heterocycles. The van der Waals surface area contributed by atoms with Crippen LogP contribution in [0.15, 0.2) is 24.3 Å². The molecule has 0 aliphatic carbocycles. The number of fused-ring (bicyclic) bond motifs is 1. The number of benzene rings is 1. The standard InChI is InChI=1S/C17H18F3N3O3/c1-2-12-16(26)23-8-11(7-13(23)15(25)22-12)21-14(24)9-3-5-10(6-4-9)17(18,19)20/h3-6,11-13H,2,7-8H2,1H3,(H,21,24)(H,22,25)/t11-,12-,13-/m0/s1. The van der Waals surface area contributed by atoms with E-state index in [1.54, 1.807) is 6.92 Å². The Morgan fingerprint density at radius 3 is 2.50 bits per heavy atom. The Balaban J connectivity index is 1.66. The molecule has 0 aromatic heterocycles. The second-order valence-corrected chi connectivity index (χ2v) is 6.46. The number of rotatable bonds is 3. The monoisotopic (exact) mass is 369 g/mol. The van der Waals surface area contributed by atoms with E-state index in [4.69, 9.17) is 0 Å². The highest BCUT2D eigenvalue weighted by Crippen LogP contribution is 2.29. The fourth-order valence-corrected chi connectivity index (χ4v) is 3.32. The number of carbonyl (C=O) groups is 3. The minimum atomic E-state index is -4.47. The highest BCUT2D eigenvalue weighted by atomic mass is 19.4. The van der Waals surface area contributed by atoms with Crippen molar-refractivity contribution < 1.29 is 27.6 Å². The zero-order chi connectivity index (χ0) is 19.1. The van der Waals surface area contributed by atoms with Crippen LogP contribution in [-0.4, -0.2) is 47.3 Å². The van der Waals surface area contributed by atoms with Gasteiger partial charge in [0.25, 0.3) is 5.91 Å². The van der Waals surface area contributed by atoms with Crippen LogP contribution < -0.4 is 10.6 Å². The molecule has 2 heterocycles. The van der Waals surface area contributed by atoms with Gasteiger partial charge in [-0.15, -0.1) is 0 Å². The molecule has 0 saturated carbocycles. The third-order valence-electron chi connectivity index (χ3n) is 4.72. The van der Waals surface area contributed by atoms with E-state index in [9.17, 15) is 27.6 Å². The molecule has 26 heavy (non-hydrogen) atoms. The quantitative estimate of drug-likeness (QED) is 0.843. The van der Waals surface area contributed by atoms with Crippen molar-refractivity contribution in [2.45, 2.75) is 44.1 Å². The zero-order valence-electron chi connectivity index (χ0n) is 14.0. The Labute approximate surface area is 147 Å². The topological polar surface area (TPSA) is 78.5 Å². The van der Waals surface area contributed by atoms with E-state index in [2.05, 4.69) is 10.6 Å². The maximum atomic E-state index is 12.6. The summed E-state index contributed by atoms with van der Waals surface area (Å²) < 4.78 is 37.7. The summed E-state index contributed by atoms with van der Waals surface area (Å²) in [4.78, 5) is 38.1. The maximum absolute atomic E-state index is 12.6. The van der Waals surface area contributed by atoms with Crippen LogP contribution in [0.1, 0.15) is 35.7 Å². The molecular formula is C17H18F3N3O3. The molecule has 1 aromatic carbocycles. The van der Waals surface area contributed by atoms with Crippen molar-refractivity contribution in [3.8, 4) is 0 Å². The van der Waals surface area contributed by atoms with Crippen LogP contribution in [-0.2, 0) is 15.8 Å². The smallest absolute Gasteiger partial charge is 0.347 e. The Morgan fingerprint density at radius 1 is 1.27 bits per heavy atom. The van der Waals surface area contributed by atoms with Crippen molar-refractivity contribution in [3.05, 3.63) is 35.4 Å². The van der Waals surface area contributed by atoms with Gasteiger partial charge in [0, 0.05) is 18.2 Å². The summed E-state index contributed by atoms with van der Waals surface area (Å²) >= 11 is 0. The van der Waals surface area contributed by atoms with Crippen LogP contribution in [0.4, 0.5) is 13.2 Å². The molecule has 3 amide bonds. The number of nitrogens with one attached hydrogen (secondary N) is 2. The summed E-state index contributed by atoms with van der Waals surface area (Å²) in [5, 5.41) is 5.35. The van der Waals surface area contributed by atoms with Gasteiger partial charge in [-0.2, -0.15) is 13.2 Å². The zero-order valence-corrected chi connectivity index (χ0v) is 14.0. The third kappa shape index (κ3) is 3.38. The highest BCUT2D eigenvalue weighted by molar-refractivity contribution is 5.98. The Hall–Kier alpha value is -2.58. The molecule has 1 aromatic rings. The molecule has 0 spiro atoms. The molecular weight excluding hydrogens is 351 g/mol. The Bertz CT molecular complexity index is 733. The number of alkyl halides is 3. The number of hydrogen-bond donors (Lipinski definition) is 2. The molecule has 3 rings (SSSR count). The van der Waals surface area contributed by atoms with Crippen LogP contribution in [0, 0.1) is 0 Å². The van der Waals surface area contributed by atoms with Gasteiger partial charge < -0.3 is 15.5 Å². The van der Waals surface area contributed by atoms with E-state index >= 15 is 0 Å². The van der Waals surface area contributed by atoms with Crippen molar-refractivity contribution in [3.63, 3.8) is 0 Å². The van der Waals surface area contributed by atoms with Crippen molar-refractivity contribution in [1.29, 1.82) is 0 Å². The average Bonchev–Trinajstić information content (AvgIpc) is 3.02. The lowest BCUT2D eigenvalue weighted by molar-refractivity contribution is -0.147. The summed E-state index contributed by atoms with van der Waals surface area (Å²) in [6, 6.07) is 2.29. The first-order chi connectivity index (χ1) is 12.2. The summed E-state index contributed by atoms with van der Waals surface area (Å²) in [7, 11) is 0. The van der Waals surface area contributed by atoms with Gasteiger partial charge in [0.1, 0.15) is 12.1 Å². The average molecular weight is 369 g/mol. The van der Waals surface area contributed by atoms with Gasteiger partial charge in [0.2, 0.25) is 11.8 Å². The lowest BCUT2D eigenvalue weighted by atomic mass is 10.1. The Kier molecular flexibility index (Phi) is 4.64. The van der Waals surface area contributed by atoms with E-state index in [1.165, 1.54) is 4.90 Å². The van der Waals surface area contributed by atoms with Crippen molar-refractivity contribution in [2.24, 2.45) is 0 Å². The third-order valence-corrected chi connectivity index (χ3v) is 4.72. The largest absolute Gasteiger partial charge is 0.416 e. The van der Waals surface area contributed by atoms with Gasteiger partial charge >= 0.3 is 6.18 Å². The lowest BCUT2D eigenvalue weighted by Crippen LogP contribution is -2.60. The molecule has 3 atom stereocenters. The number of hydrogen-bond acceptors (Lipinski definition) is 3. The van der Waals surface area contributed by atoms with Gasteiger partial charge in [-0.05, 0) is 37.1 Å². The molecule has 2 aliphatic rings. The number of amides is 3. The first-order valence-corrected chi connectivity index (χ1v) is 8.29. The van der Waals surface area contributed by atoms with E-state index in [-0.39, 0.29) is 30.3 Å². The predicted molar refractivity (Wildman–Crippen MR) is 85.0 cm³/mol. The summed E-state index contributed by atoms with van der Waals surface area (Å²) in [6.07, 6.45) is -3.70. The molecule has 2 fully saturated rings. The molecule has 6 nitrogen and oxygen atoms in total. The van der Waals surface area contributed by atoms with E-state index in [0.717, 1.165) is 24.3 Å². The van der Waals surface area contributed by atoms with Crippen LogP contribution >= 0.6 is 0 Å². The van der Waals surface area contributed by atoms with Crippen molar-refractivity contribution in [1.82, 2.24) is 15.5 Å². The SMILES string of the molecule is CC[C@@H]1NC(=O)[C@@H]2C[C@H](NC(=O)c3ccc(C(F)(F)F)cc3)CN2C1=O. The van der Waals surface area contributed by atoms with Crippen LogP contribution in [0.2, 0.25) is 0 Å². The molecule has 140 valence electrons. The van der Waals surface area contributed by atoms with Crippen LogP contribution in [0.3, 0.4) is 0 Å². The van der Waals surface area contributed by atoms with E-state index in [0.29, 0.717) is 6.42 Å². The van der Waals surface area contributed by atoms with Gasteiger partial charge in [0.15, 0.2) is 0 Å².